The summed E-state index contributed by atoms with van der Waals surface area (Å²) in [4.78, 5) is 0. The summed E-state index contributed by atoms with van der Waals surface area (Å²) in [6.07, 6.45) is 4.77. The molecule has 0 aromatic heterocycles. The number of aliphatic hydroxyl groups is 1. The van der Waals surface area contributed by atoms with Gasteiger partial charge in [0.15, 0.2) is 0 Å². The molecule has 0 aliphatic heterocycles. The Bertz CT molecular complexity index is 265. The van der Waals surface area contributed by atoms with Gasteiger partial charge in [-0.25, -0.2) is 8.42 Å². The summed E-state index contributed by atoms with van der Waals surface area (Å²) in [6.45, 7) is 3.62. The maximum Gasteiger partial charge on any atom is 1.00 e. The summed E-state index contributed by atoms with van der Waals surface area (Å²) in [7, 11) is -4.26. The quantitative estimate of drug-likeness (QED) is 0.337. The molecule has 0 radical (unpaired) electrons. The van der Waals surface area contributed by atoms with Crippen molar-refractivity contribution >= 4 is 10.1 Å². The van der Waals surface area contributed by atoms with Gasteiger partial charge in [0.1, 0.15) is 0 Å². The first-order valence-electron chi connectivity index (χ1n) is 6.00. The van der Waals surface area contributed by atoms with E-state index in [1.807, 2.05) is 0 Å². The molecule has 2 atom stereocenters. The van der Waals surface area contributed by atoms with Crippen LogP contribution < -0.4 is 51.4 Å². The number of aliphatic hydroxyl groups excluding tert-OH is 1. The molecule has 17 heavy (non-hydrogen) atoms. The van der Waals surface area contributed by atoms with Gasteiger partial charge in [0, 0.05) is 0 Å². The van der Waals surface area contributed by atoms with Crippen molar-refractivity contribution < 1.29 is 69.5 Å². The predicted molar refractivity (Wildman–Crippen MR) is 63.2 cm³/mol. The Labute approximate surface area is 148 Å². The third-order valence-electron chi connectivity index (χ3n) is 2.64. The second-order valence-corrected chi connectivity index (χ2v) is 6.05. The number of rotatable bonds is 9. The standard InChI is InChI=1S/C11H24O4S.K/c1-3-4-5-6-7-8-11(9-10(2)12)16(13,14)15;/h10-12H,3-9H2,1-2H3,(H,13,14,15);/q;+1/p-1. The van der Waals surface area contributed by atoms with Gasteiger partial charge in [-0.15, -0.1) is 0 Å². The summed E-state index contributed by atoms with van der Waals surface area (Å²) in [5.41, 5.74) is 0. The Kier molecular flexibility index (Phi) is 13.9. The zero-order valence-electron chi connectivity index (χ0n) is 11.2. The number of unbranched alkanes of at least 4 members (excludes halogenated alkanes) is 4. The third-order valence-corrected chi connectivity index (χ3v) is 3.89. The SMILES string of the molecule is CCCCCCCC(CC(C)O)S(=O)(=O)[O-].[K+]. The van der Waals surface area contributed by atoms with Crippen LogP contribution in [0.15, 0.2) is 0 Å². The molecule has 0 aliphatic carbocycles. The van der Waals surface area contributed by atoms with Crippen LogP contribution in [0.2, 0.25) is 0 Å². The van der Waals surface area contributed by atoms with E-state index >= 15 is 0 Å². The molecule has 0 fully saturated rings. The van der Waals surface area contributed by atoms with E-state index in [1.54, 1.807) is 0 Å². The van der Waals surface area contributed by atoms with Gasteiger partial charge < -0.3 is 9.66 Å². The second kappa shape index (κ2) is 11.3. The average molecular weight is 290 g/mol. The van der Waals surface area contributed by atoms with Gasteiger partial charge in [-0.2, -0.15) is 0 Å². The molecule has 1 N–H and O–H groups in total. The van der Waals surface area contributed by atoms with E-state index in [0.29, 0.717) is 6.42 Å². The fourth-order valence-electron chi connectivity index (χ4n) is 1.74. The molecule has 0 heterocycles. The summed E-state index contributed by atoms with van der Waals surface area (Å²) < 4.78 is 32.8. The van der Waals surface area contributed by atoms with Gasteiger partial charge in [-0.05, 0) is 19.8 Å². The first-order valence-corrected chi connectivity index (χ1v) is 7.47. The molecule has 6 heteroatoms. The molecule has 2 unspecified atom stereocenters. The first-order chi connectivity index (χ1) is 7.38. The predicted octanol–water partition coefficient (Wildman–Crippen LogP) is -0.964. The fourth-order valence-corrected chi connectivity index (χ4v) is 2.71. The third kappa shape index (κ3) is 12.3. The Morgan fingerprint density at radius 3 is 2.12 bits per heavy atom. The van der Waals surface area contributed by atoms with E-state index in [-0.39, 0.29) is 57.8 Å². The summed E-state index contributed by atoms with van der Waals surface area (Å²) in [5.74, 6) is 0. The normalized spacial score (nSPS) is 15.1. The molecule has 0 bridgehead atoms. The van der Waals surface area contributed by atoms with Crippen molar-refractivity contribution in [2.24, 2.45) is 0 Å². The van der Waals surface area contributed by atoms with Crippen LogP contribution in [0.5, 0.6) is 0 Å². The van der Waals surface area contributed by atoms with Crippen LogP contribution in [0.3, 0.4) is 0 Å². The monoisotopic (exact) mass is 290 g/mol. The van der Waals surface area contributed by atoms with E-state index in [4.69, 9.17) is 5.11 Å². The molecule has 0 saturated carbocycles. The van der Waals surface area contributed by atoms with Crippen LogP contribution in [0, 0.1) is 0 Å². The summed E-state index contributed by atoms with van der Waals surface area (Å²) in [6, 6.07) is 0. The van der Waals surface area contributed by atoms with E-state index in [2.05, 4.69) is 6.92 Å². The van der Waals surface area contributed by atoms with Gasteiger partial charge in [0.2, 0.25) is 0 Å². The smallest absolute Gasteiger partial charge is 0.748 e. The Morgan fingerprint density at radius 1 is 1.18 bits per heavy atom. The van der Waals surface area contributed by atoms with Crippen LogP contribution >= 0.6 is 0 Å². The van der Waals surface area contributed by atoms with Crippen molar-refractivity contribution in [1.29, 1.82) is 0 Å². The van der Waals surface area contributed by atoms with Crippen LogP contribution in [0.25, 0.3) is 0 Å². The molecule has 0 aromatic carbocycles. The summed E-state index contributed by atoms with van der Waals surface area (Å²) in [5, 5.41) is 8.20. The maximum absolute atomic E-state index is 10.9. The largest absolute Gasteiger partial charge is 1.00 e. The van der Waals surface area contributed by atoms with E-state index in [1.165, 1.54) is 6.92 Å². The molecular weight excluding hydrogens is 267 g/mol. The van der Waals surface area contributed by atoms with Crippen LogP contribution in [0.4, 0.5) is 0 Å². The molecular formula is C11H23KO4S. The maximum atomic E-state index is 10.9. The minimum Gasteiger partial charge on any atom is -0.748 e. The molecule has 0 rings (SSSR count). The average Bonchev–Trinajstić information content (AvgIpc) is 2.13. The van der Waals surface area contributed by atoms with Gasteiger partial charge in [-0.1, -0.05) is 39.0 Å². The zero-order chi connectivity index (χ0) is 12.6. The van der Waals surface area contributed by atoms with Gasteiger partial charge in [0.25, 0.3) is 0 Å². The van der Waals surface area contributed by atoms with Crippen LogP contribution in [-0.4, -0.2) is 29.4 Å². The van der Waals surface area contributed by atoms with Gasteiger partial charge in [0.05, 0.1) is 21.5 Å². The summed E-state index contributed by atoms with van der Waals surface area (Å²) >= 11 is 0. The fraction of sp³-hybridized carbons (Fsp3) is 1.00. The number of hydrogen-bond donors (Lipinski definition) is 1. The molecule has 0 aromatic rings. The van der Waals surface area contributed by atoms with Crippen LogP contribution in [0.1, 0.15) is 58.8 Å². The zero-order valence-corrected chi connectivity index (χ0v) is 15.1. The van der Waals surface area contributed by atoms with Gasteiger partial charge >= 0.3 is 51.4 Å². The van der Waals surface area contributed by atoms with E-state index < -0.39 is 21.5 Å². The Hall–Kier alpha value is 1.51. The van der Waals surface area contributed by atoms with E-state index in [9.17, 15) is 13.0 Å². The minimum atomic E-state index is -4.26. The molecule has 0 saturated heterocycles. The minimum absolute atomic E-state index is 0. The molecule has 0 amide bonds. The van der Waals surface area contributed by atoms with E-state index in [0.717, 1.165) is 32.1 Å². The second-order valence-electron chi connectivity index (χ2n) is 4.40. The Balaban J connectivity index is 0. The van der Waals surface area contributed by atoms with Crippen molar-refractivity contribution in [2.75, 3.05) is 0 Å². The van der Waals surface area contributed by atoms with Crippen molar-refractivity contribution in [1.82, 2.24) is 0 Å². The van der Waals surface area contributed by atoms with Crippen molar-refractivity contribution in [3.05, 3.63) is 0 Å². The molecule has 0 aliphatic rings. The first kappa shape index (κ1) is 20.8. The molecule has 98 valence electrons. The molecule has 0 spiro atoms. The van der Waals surface area contributed by atoms with Crippen molar-refractivity contribution in [3.8, 4) is 0 Å². The number of hydrogen-bond acceptors (Lipinski definition) is 4. The van der Waals surface area contributed by atoms with Crippen LogP contribution in [-0.2, 0) is 10.1 Å². The topological polar surface area (TPSA) is 77.4 Å². The van der Waals surface area contributed by atoms with Crippen molar-refractivity contribution in [3.63, 3.8) is 0 Å². The Morgan fingerprint density at radius 2 is 1.71 bits per heavy atom. The molecule has 4 nitrogen and oxygen atoms in total. The van der Waals surface area contributed by atoms with Gasteiger partial charge in [-0.3, -0.25) is 0 Å². The van der Waals surface area contributed by atoms with Crippen molar-refractivity contribution in [2.45, 2.75) is 70.1 Å².